The van der Waals surface area contributed by atoms with Gasteiger partial charge in [0.15, 0.2) is 5.83 Å². The fourth-order valence-corrected chi connectivity index (χ4v) is 1.01. The molecule has 3 heteroatoms. The highest BCUT2D eigenvalue weighted by molar-refractivity contribution is 6.06. The molecule has 0 radical (unpaired) electrons. The highest BCUT2D eigenvalue weighted by atomic mass is 19.1. The summed E-state index contributed by atoms with van der Waals surface area (Å²) in [6.07, 6.45) is 1.16. The third-order valence-corrected chi connectivity index (χ3v) is 1.62. The number of benzene rings is 1. The third-order valence-electron chi connectivity index (χ3n) is 1.62. The number of rotatable bonds is 3. The van der Waals surface area contributed by atoms with Crippen LogP contribution in [0.15, 0.2) is 42.4 Å². The first-order valence-electron chi connectivity index (χ1n) is 4.25. The van der Waals surface area contributed by atoms with Gasteiger partial charge in [0.25, 0.3) is 0 Å². The van der Waals surface area contributed by atoms with E-state index in [0.29, 0.717) is 5.56 Å². The van der Waals surface area contributed by atoms with Crippen molar-refractivity contribution in [3.8, 4) is 0 Å². The van der Waals surface area contributed by atoms with E-state index in [-0.39, 0.29) is 0 Å². The first-order chi connectivity index (χ1) is 6.61. The van der Waals surface area contributed by atoms with E-state index >= 15 is 0 Å². The number of allylic oxidation sites excluding steroid dienone is 1. The average molecular weight is 193 g/mol. The van der Waals surface area contributed by atoms with E-state index in [1.165, 1.54) is 4.90 Å². The van der Waals surface area contributed by atoms with Gasteiger partial charge in [0.2, 0.25) is 5.78 Å². The molecule has 0 N–H and O–H groups in total. The second-order valence-corrected chi connectivity index (χ2v) is 3.14. The summed E-state index contributed by atoms with van der Waals surface area (Å²) in [6, 6.07) is 8.37. The summed E-state index contributed by atoms with van der Waals surface area (Å²) in [5.74, 6) is -1.33. The Kier molecular flexibility index (Phi) is 3.40. The van der Waals surface area contributed by atoms with Crippen molar-refractivity contribution in [2.24, 2.45) is 0 Å². The molecular weight excluding hydrogens is 181 g/mol. The van der Waals surface area contributed by atoms with Crippen LogP contribution in [0.25, 0.3) is 0 Å². The summed E-state index contributed by atoms with van der Waals surface area (Å²) >= 11 is 0. The van der Waals surface area contributed by atoms with Crippen molar-refractivity contribution in [3.05, 3.63) is 47.9 Å². The number of nitrogens with zero attached hydrogens (tertiary/aromatic N) is 1. The Labute approximate surface area is 82.7 Å². The first kappa shape index (κ1) is 10.4. The first-order valence-corrected chi connectivity index (χ1v) is 4.25. The van der Waals surface area contributed by atoms with E-state index < -0.39 is 11.6 Å². The normalized spacial score (nSPS) is 11.2. The van der Waals surface area contributed by atoms with Crippen LogP contribution in [0.3, 0.4) is 0 Å². The van der Waals surface area contributed by atoms with E-state index in [2.05, 4.69) is 0 Å². The Hall–Kier alpha value is -1.64. The van der Waals surface area contributed by atoms with Gasteiger partial charge < -0.3 is 4.90 Å². The molecule has 1 aromatic carbocycles. The molecule has 0 amide bonds. The lowest BCUT2D eigenvalue weighted by Gasteiger charge is -2.04. The number of carbonyl (C=O) groups excluding carboxylic acids is 1. The van der Waals surface area contributed by atoms with Crippen molar-refractivity contribution < 1.29 is 9.18 Å². The zero-order valence-corrected chi connectivity index (χ0v) is 8.20. The number of hydrogen-bond acceptors (Lipinski definition) is 2. The monoisotopic (exact) mass is 193 g/mol. The fraction of sp³-hybridized carbons (Fsp3) is 0.182. The van der Waals surface area contributed by atoms with E-state index in [9.17, 15) is 9.18 Å². The minimum Gasteiger partial charge on any atom is -0.381 e. The van der Waals surface area contributed by atoms with E-state index in [1.807, 2.05) is 0 Å². The lowest BCUT2D eigenvalue weighted by molar-refractivity contribution is 0.100. The SMILES string of the molecule is CN(C)C=C(F)C(=O)c1ccccc1. The summed E-state index contributed by atoms with van der Waals surface area (Å²) in [5, 5.41) is 0. The lowest BCUT2D eigenvalue weighted by Crippen LogP contribution is -2.06. The highest BCUT2D eigenvalue weighted by Crippen LogP contribution is 2.09. The van der Waals surface area contributed by atoms with E-state index in [1.54, 1.807) is 44.4 Å². The standard InChI is InChI=1S/C11H12FNO/c1-13(2)8-10(12)11(14)9-6-4-3-5-7-9/h3-8H,1-2H3. The summed E-state index contributed by atoms with van der Waals surface area (Å²) in [6.45, 7) is 0. The van der Waals surface area contributed by atoms with Gasteiger partial charge in [-0.1, -0.05) is 30.3 Å². The van der Waals surface area contributed by atoms with E-state index in [0.717, 1.165) is 6.20 Å². The van der Waals surface area contributed by atoms with Gasteiger partial charge in [-0.05, 0) is 0 Å². The van der Waals surface area contributed by atoms with Gasteiger partial charge in [-0.15, -0.1) is 0 Å². The maximum absolute atomic E-state index is 13.2. The van der Waals surface area contributed by atoms with Crippen molar-refractivity contribution in [1.29, 1.82) is 0 Å². The van der Waals surface area contributed by atoms with Gasteiger partial charge >= 0.3 is 0 Å². The summed E-state index contributed by atoms with van der Waals surface area (Å²) < 4.78 is 13.2. The minimum atomic E-state index is -0.749. The van der Waals surface area contributed by atoms with Crippen molar-refractivity contribution in [1.82, 2.24) is 4.90 Å². The van der Waals surface area contributed by atoms with Crippen LogP contribution in [0.2, 0.25) is 0 Å². The summed E-state index contributed by atoms with van der Waals surface area (Å²) in [5.41, 5.74) is 0.364. The zero-order valence-electron chi connectivity index (χ0n) is 8.20. The van der Waals surface area contributed by atoms with Crippen molar-refractivity contribution >= 4 is 5.78 Å². The Morgan fingerprint density at radius 3 is 2.36 bits per heavy atom. The molecule has 0 heterocycles. The van der Waals surface area contributed by atoms with E-state index in [4.69, 9.17) is 0 Å². The molecule has 0 bridgehead atoms. The summed E-state index contributed by atoms with van der Waals surface area (Å²) in [7, 11) is 3.33. The molecule has 0 atom stereocenters. The van der Waals surface area contributed by atoms with Gasteiger partial charge in [0, 0.05) is 25.9 Å². The molecule has 1 aromatic rings. The fourth-order valence-electron chi connectivity index (χ4n) is 1.01. The van der Waals surface area contributed by atoms with Crippen LogP contribution in [0.5, 0.6) is 0 Å². The van der Waals surface area contributed by atoms with Crippen LogP contribution < -0.4 is 0 Å². The smallest absolute Gasteiger partial charge is 0.222 e. The minimum absolute atomic E-state index is 0.364. The van der Waals surface area contributed by atoms with Crippen LogP contribution in [0.4, 0.5) is 4.39 Å². The van der Waals surface area contributed by atoms with Crippen LogP contribution >= 0.6 is 0 Å². The Morgan fingerprint density at radius 1 is 1.29 bits per heavy atom. The molecule has 0 unspecified atom stereocenters. The molecular formula is C11H12FNO. The predicted octanol–water partition coefficient (Wildman–Crippen LogP) is 2.24. The number of carbonyl (C=O) groups is 1. The maximum atomic E-state index is 13.2. The van der Waals surface area contributed by atoms with Gasteiger partial charge in [-0.2, -0.15) is 0 Å². The molecule has 0 aliphatic carbocycles. The average Bonchev–Trinajstić information content (AvgIpc) is 2.17. The molecule has 2 nitrogen and oxygen atoms in total. The van der Waals surface area contributed by atoms with Crippen LogP contribution in [0.1, 0.15) is 10.4 Å². The Morgan fingerprint density at radius 2 is 1.86 bits per heavy atom. The number of ketones is 1. The molecule has 0 aromatic heterocycles. The van der Waals surface area contributed by atoms with Gasteiger partial charge in [-0.3, -0.25) is 4.79 Å². The van der Waals surface area contributed by atoms with Crippen LogP contribution in [-0.2, 0) is 0 Å². The Balaban J connectivity index is 2.87. The third kappa shape index (κ3) is 2.69. The highest BCUT2D eigenvalue weighted by Gasteiger charge is 2.10. The molecule has 0 aliphatic rings. The molecule has 0 spiro atoms. The number of Topliss-reactive ketones (excluding diaryl/α,β-unsaturated/α-hetero) is 1. The molecule has 0 saturated heterocycles. The second kappa shape index (κ2) is 4.56. The second-order valence-electron chi connectivity index (χ2n) is 3.14. The molecule has 0 saturated carbocycles. The number of hydrogen-bond donors (Lipinski definition) is 0. The van der Waals surface area contributed by atoms with Gasteiger partial charge in [-0.25, -0.2) is 4.39 Å². The lowest BCUT2D eigenvalue weighted by atomic mass is 10.1. The zero-order chi connectivity index (χ0) is 10.6. The topological polar surface area (TPSA) is 20.3 Å². The molecule has 14 heavy (non-hydrogen) atoms. The van der Waals surface area contributed by atoms with Crippen molar-refractivity contribution in [2.75, 3.05) is 14.1 Å². The predicted molar refractivity (Wildman–Crippen MR) is 53.7 cm³/mol. The molecule has 0 aliphatic heterocycles. The largest absolute Gasteiger partial charge is 0.381 e. The van der Waals surface area contributed by atoms with Crippen LogP contribution in [0, 0.1) is 0 Å². The maximum Gasteiger partial charge on any atom is 0.222 e. The summed E-state index contributed by atoms with van der Waals surface area (Å²) in [4.78, 5) is 12.9. The van der Waals surface area contributed by atoms with Crippen LogP contribution in [-0.4, -0.2) is 24.8 Å². The van der Waals surface area contributed by atoms with Crippen molar-refractivity contribution in [3.63, 3.8) is 0 Å². The van der Waals surface area contributed by atoms with Crippen molar-refractivity contribution in [2.45, 2.75) is 0 Å². The molecule has 0 fully saturated rings. The van der Waals surface area contributed by atoms with Gasteiger partial charge in [0.1, 0.15) is 0 Å². The number of halogens is 1. The molecule has 74 valence electrons. The van der Waals surface area contributed by atoms with Gasteiger partial charge in [0.05, 0.1) is 0 Å². The molecule has 1 rings (SSSR count). The quantitative estimate of drug-likeness (QED) is 0.542. The Bertz CT molecular complexity index is 344.